The molecular weight excluding hydrogens is 248 g/mol. The Bertz CT molecular complexity index is 430. The van der Waals surface area contributed by atoms with E-state index in [0.29, 0.717) is 0 Å². The first-order chi connectivity index (χ1) is 7.90. The first kappa shape index (κ1) is 13.4. The summed E-state index contributed by atoms with van der Waals surface area (Å²) in [5.41, 5.74) is 0. The third-order valence-corrected chi connectivity index (χ3v) is 2.16. The van der Waals surface area contributed by atoms with Crippen molar-refractivity contribution in [2.45, 2.75) is 32.9 Å². The van der Waals surface area contributed by atoms with Crippen LogP contribution in [0.5, 0.6) is 0 Å². The van der Waals surface area contributed by atoms with Crippen molar-refractivity contribution in [2.75, 3.05) is 0 Å². The number of nitro groups is 1. The van der Waals surface area contributed by atoms with E-state index in [9.17, 15) is 14.9 Å². The molecule has 1 N–H and O–H groups in total. The fraction of sp³-hybridized carbons (Fsp3) is 0.556. The summed E-state index contributed by atoms with van der Waals surface area (Å²) in [4.78, 5) is 21.2. The number of nitrogens with one attached hydrogen (secondary N) is 1. The van der Waals surface area contributed by atoms with Crippen LogP contribution in [0.25, 0.3) is 0 Å². The van der Waals surface area contributed by atoms with E-state index in [-0.39, 0.29) is 29.9 Å². The second kappa shape index (κ2) is 5.62. The van der Waals surface area contributed by atoms with Gasteiger partial charge in [-0.1, -0.05) is 11.6 Å². The maximum absolute atomic E-state index is 11.3. The minimum atomic E-state index is -0.660. The SMILES string of the molecule is CC(C)NC(=O)CCn1cc(Cl)c([N+](=O)[O-])n1. The number of halogens is 1. The lowest BCUT2D eigenvalue weighted by atomic mass is 10.3. The molecule has 7 nitrogen and oxygen atoms in total. The fourth-order valence-electron chi connectivity index (χ4n) is 1.24. The smallest absolute Gasteiger partial charge is 0.358 e. The molecule has 0 aliphatic heterocycles. The molecule has 1 aromatic heterocycles. The zero-order chi connectivity index (χ0) is 13.0. The highest BCUT2D eigenvalue weighted by molar-refractivity contribution is 6.32. The van der Waals surface area contributed by atoms with Crippen LogP contribution in [-0.2, 0) is 11.3 Å². The summed E-state index contributed by atoms with van der Waals surface area (Å²) in [7, 11) is 0. The van der Waals surface area contributed by atoms with Gasteiger partial charge in [0.1, 0.15) is 0 Å². The Morgan fingerprint density at radius 2 is 2.35 bits per heavy atom. The predicted molar refractivity (Wildman–Crippen MR) is 61.8 cm³/mol. The summed E-state index contributed by atoms with van der Waals surface area (Å²) in [6.45, 7) is 3.97. The van der Waals surface area contributed by atoms with Crippen molar-refractivity contribution in [1.29, 1.82) is 0 Å². The zero-order valence-corrected chi connectivity index (χ0v) is 10.3. The summed E-state index contributed by atoms with van der Waals surface area (Å²) < 4.78 is 1.29. The summed E-state index contributed by atoms with van der Waals surface area (Å²) in [6.07, 6.45) is 1.54. The van der Waals surface area contributed by atoms with Gasteiger partial charge in [0, 0.05) is 12.5 Å². The Labute approximate surface area is 103 Å². The maximum atomic E-state index is 11.3. The lowest BCUT2D eigenvalue weighted by Crippen LogP contribution is -2.30. The minimum absolute atomic E-state index is 0.0285. The number of hydrogen-bond donors (Lipinski definition) is 1. The van der Waals surface area contributed by atoms with Crippen LogP contribution in [0.4, 0.5) is 5.82 Å². The molecule has 0 saturated heterocycles. The van der Waals surface area contributed by atoms with Gasteiger partial charge in [0.25, 0.3) is 0 Å². The van der Waals surface area contributed by atoms with Gasteiger partial charge in [-0.2, -0.15) is 4.68 Å². The number of aromatic nitrogens is 2. The summed E-state index contributed by atoms with van der Waals surface area (Å²) in [6, 6.07) is 0.0676. The monoisotopic (exact) mass is 260 g/mol. The van der Waals surface area contributed by atoms with Gasteiger partial charge in [-0.3, -0.25) is 4.79 Å². The number of hydrogen-bond acceptors (Lipinski definition) is 4. The number of nitrogens with zero attached hydrogens (tertiary/aromatic N) is 3. The average molecular weight is 261 g/mol. The molecule has 1 heterocycles. The Hall–Kier alpha value is -1.63. The van der Waals surface area contributed by atoms with Crippen molar-refractivity contribution in [1.82, 2.24) is 15.1 Å². The van der Waals surface area contributed by atoms with Crippen LogP contribution in [0, 0.1) is 10.1 Å². The molecule has 0 atom stereocenters. The van der Waals surface area contributed by atoms with Crippen LogP contribution in [0.1, 0.15) is 20.3 Å². The molecule has 0 saturated carbocycles. The molecule has 0 aliphatic rings. The topological polar surface area (TPSA) is 90.1 Å². The van der Waals surface area contributed by atoms with Crippen LogP contribution >= 0.6 is 11.6 Å². The van der Waals surface area contributed by atoms with Crippen molar-refractivity contribution in [3.63, 3.8) is 0 Å². The Balaban J connectivity index is 2.55. The van der Waals surface area contributed by atoms with E-state index in [1.165, 1.54) is 10.9 Å². The van der Waals surface area contributed by atoms with E-state index in [4.69, 9.17) is 11.6 Å². The van der Waals surface area contributed by atoms with E-state index < -0.39 is 10.7 Å². The molecule has 1 amide bonds. The van der Waals surface area contributed by atoms with Crippen molar-refractivity contribution in [3.8, 4) is 0 Å². The lowest BCUT2D eigenvalue weighted by Gasteiger charge is -2.06. The second-order valence-electron chi connectivity index (χ2n) is 3.79. The van der Waals surface area contributed by atoms with Gasteiger partial charge in [-0.25, -0.2) is 0 Å². The Morgan fingerprint density at radius 1 is 1.71 bits per heavy atom. The highest BCUT2D eigenvalue weighted by Gasteiger charge is 2.19. The summed E-state index contributed by atoms with van der Waals surface area (Å²) in [5, 5.41) is 16.8. The number of rotatable bonds is 5. The molecule has 94 valence electrons. The van der Waals surface area contributed by atoms with Gasteiger partial charge in [0.05, 0.1) is 17.8 Å². The molecule has 0 radical (unpaired) electrons. The molecule has 1 aromatic rings. The molecule has 1 rings (SSSR count). The molecule has 0 aromatic carbocycles. The first-order valence-corrected chi connectivity index (χ1v) is 5.44. The van der Waals surface area contributed by atoms with Gasteiger partial charge >= 0.3 is 5.82 Å². The standard InChI is InChI=1S/C9H13ClN4O3/c1-6(2)11-8(15)3-4-13-5-7(10)9(12-13)14(16)17/h5-6H,3-4H2,1-2H3,(H,11,15). The van der Waals surface area contributed by atoms with Crippen LogP contribution in [0.2, 0.25) is 5.02 Å². The van der Waals surface area contributed by atoms with Gasteiger partial charge < -0.3 is 15.4 Å². The van der Waals surface area contributed by atoms with Crippen molar-refractivity contribution >= 4 is 23.3 Å². The first-order valence-electron chi connectivity index (χ1n) is 5.07. The van der Waals surface area contributed by atoms with Crippen LogP contribution in [-0.4, -0.2) is 26.7 Å². The third kappa shape index (κ3) is 4.03. The van der Waals surface area contributed by atoms with Gasteiger partial charge in [-0.15, -0.1) is 0 Å². The highest BCUT2D eigenvalue weighted by atomic mass is 35.5. The molecular formula is C9H13ClN4O3. The van der Waals surface area contributed by atoms with Crippen LogP contribution < -0.4 is 5.32 Å². The van der Waals surface area contributed by atoms with E-state index in [1.54, 1.807) is 0 Å². The third-order valence-electron chi connectivity index (χ3n) is 1.89. The van der Waals surface area contributed by atoms with Gasteiger partial charge in [-0.05, 0) is 18.8 Å². The number of amides is 1. The molecule has 0 fully saturated rings. The second-order valence-corrected chi connectivity index (χ2v) is 4.20. The fourth-order valence-corrected chi connectivity index (χ4v) is 1.45. The number of carbonyl (C=O) groups excluding carboxylic acids is 1. The van der Waals surface area contributed by atoms with Crippen molar-refractivity contribution in [3.05, 3.63) is 21.3 Å². The molecule has 0 unspecified atom stereocenters. The summed E-state index contributed by atoms with van der Waals surface area (Å²) in [5.74, 6) is -0.523. The van der Waals surface area contributed by atoms with Crippen molar-refractivity contribution < 1.29 is 9.72 Å². The maximum Gasteiger partial charge on any atom is 0.408 e. The Morgan fingerprint density at radius 3 is 2.82 bits per heavy atom. The van der Waals surface area contributed by atoms with E-state index in [2.05, 4.69) is 10.4 Å². The normalized spacial score (nSPS) is 10.6. The van der Waals surface area contributed by atoms with Gasteiger partial charge in [0.2, 0.25) is 5.91 Å². The highest BCUT2D eigenvalue weighted by Crippen LogP contribution is 2.21. The van der Waals surface area contributed by atoms with E-state index in [1.807, 2.05) is 13.8 Å². The number of carbonyl (C=O) groups is 1. The predicted octanol–water partition coefficient (Wildman–Crippen LogP) is 1.36. The molecule has 0 bridgehead atoms. The van der Waals surface area contributed by atoms with Crippen LogP contribution in [0.15, 0.2) is 6.20 Å². The van der Waals surface area contributed by atoms with E-state index >= 15 is 0 Å². The molecule has 0 spiro atoms. The molecule has 0 aliphatic carbocycles. The minimum Gasteiger partial charge on any atom is -0.358 e. The lowest BCUT2D eigenvalue weighted by molar-refractivity contribution is -0.389. The summed E-state index contributed by atoms with van der Waals surface area (Å²) >= 11 is 5.61. The quantitative estimate of drug-likeness (QED) is 0.639. The van der Waals surface area contributed by atoms with Crippen molar-refractivity contribution in [2.24, 2.45) is 0 Å². The van der Waals surface area contributed by atoms with E-state index in [0.717, 1.165) is 0 Å². The van der Waals surface area contributed by atoms with Gasteiger partial charge in [0.15, 0.2) is 5.02 Å². The Kier molecular flexibility index (Phi) is 4.45. The molecule has 17 heavy (non-hydrogen) atoms. The zero-order valence-electron chi connectivity index (χ0n) is 9.51. The average Bonchev–Trinajstić information content (AvgIpc) is 2.56. The van der Waals surface area contributed by atoms with Crippen LogP contribution in [0.3, 0.4) is 0 Å². The number of aryl methyl sites for hydroxylation is 1. The largest absolute Gasteiger partial charge is 0.408 e. The molecule has 8 heteroatoms.